The van der Waals surface area contributed by atoms with Crippen molar-refractivity contribution in [1.82, 2.24) is 9.97 Å². The van der Waals surface area contributed by atoms with Gasteiger partial charge in [-0.25, -0.2) is 4.98 Å². The van der Waals surface area contributed by atoms with E-state index >= 15 is 0 Å². The van der Waals surface area contributed by atoms with Crippen LogP contribution in [0.1, 0.15) is 16.7 Å². The summed E-state index contributed by atoms with van der Waals surface area (Å²) in [4.78, 5) is 12.2. The number of phenolic OH excluding ortho intramolecular Hbond substituents is 2. The number of phenols is 2. The normalized spacial score (nSPS) is 11.5. The van der Waals surface area contributed by atoms with Gasteiger partial charge in [0.15, 0.2) is 0 Å². The molecule has 3 N–H and O–H groups in total. The fourth-order valence-corrected chi connectivity index (χ4v) is 2.97. The van der Waals surface area contributed by atoms with Crippen LogP contribution in [-0.4, -0.2) is 26.4 Å². The third kappa shape index (κ3) is 3.40. The van der Waals surface area contributed by atoms with Crippen LogP contribution in [0.5, 0.6) is 11.5 Å². The van der Waals surface area contributed by atoms with E-state index in [1.807, 2.05) is 44.2 Å². The maximum absolute atomic E-state index is 10.3. The molecule has 1 heterocycles. The van der Waals surface area contributed by atoms with E-state index in [9.17, 15) is 10.2 Å². The monoisotopic (exact) mass is 357 g/mol. The summed E-state index contributed by atoms with van der Waals surface area (Å²) in [5, 5.41) is 20.2. The number of aromatic nitrogens is 2. The van der Waals surface area contributed by atoms with Crippen molar-refractivity contribution in [3.63, 3.8) is 0 Å². The van der Waals surface area contributed by atoms with Gasteiger partial charge in [0, 0.05) is 11.8 Å². The molecule has 5 heteroatoms. The second-order valence-electron chi connectivity index (χ2n) is 6.63. The number of aliphatic imine (C=N–C) groups is 1. The zero-order valence-corrected chi connectivity index (χ0v) is 15.1. The molecule has 4 aromatic rings. The summed E-state index contributed by atoms with van der Waals surface area (Å²) in [6.45, 7) is 3.98. The third-order valence-electron chi connectivity index (χ3n) is 4.41. The minimum Gasteiger partial charge on any atom is -0.507 e. The molecule has 0 saturated carbocycles. The number of fused-ring (bicyclic) bond motifs is 1. The molecule has 27 heavy (non-hydrogen) atoms. The first-order valence-corrected chi connectivity index (χ1v) is 8.63. The fourth-order valence-electron chi connectivity index (χ4n) is 2.97. The molecule has 4 rings (SSSR count). The Morgan fingerprint density at radius 1 is 0.889 bits per heavy atom. The summed E-state index contributed by atoms with van der Waals surface area (Å²) >= 11 is 0. The van der Waals surface area contributed by atoms with Crippen molar-refractivity contribution < 1.29 is 10.2 Å². The summed E-state index contributed by atoms with van der Waals surface area (Å²) in [6, 6.07) is 16.4. The first-order valence-electron chi connectivity index (χ1n) is 8.63. The molecular formula is C22H19N3O2. The van der Waals surface area contributed by atoms with E-state index < -0.39 is 0 Å². The molecule has 134 valence electrons. The zero-order valence-electron chi connectivity index (χ0n) is 15.1. The third-order valence-corrected chi connectivity index (χ3v) is 4.41. The number of H-pyrrole nitrogens is 1. The van der Waals surface area contributed by atoms with Crippen LogP contribution in [0.25, 0.3) is 22.4 Å². The predicted octanol–water partition coefficient (Wildman–Crippen LogP) is 5.01. The molecule has 1 aromatic heterocycles. The minimum atomic E-state index is 0.128. The van der Waals surface area contributed by atoms with E-state index in [0.717, 1.165) is 22.2 Å². The number of aromatic amines is 1. The fraction of sp³-hybridized carbons (Fsp3) is 0.0909. The molecular weight excluding hydrogens is 338 g/mol. The van der Waals surface area contributed by atoms with Gasteiger partial charge in [0.05, 0.1) is 22.3 Å². The molecule has 0 radical (unpaired) electrons. The lowest BCUT2D eigenvalue weighted by atomic mass is 10.1. The predicted molar refractivity (Wildman–Crippen MR) is 108 cm³/mol. The van der Waals surface area contributed by atoms with Crippen LogP contribution in [0.15, 0.2) is 59.6 Å². The Hall–Kier alpha value is -3.60. The van der Waals surface area contributed by atoms with Gasteiger partial charge in [-0.1, -0.05) is 17.7 Å². The van der Waals surface area contributed by atoms with Crippen LogP contribution < -0.4 is 0 Å². The molecule has 0 unspecified atom stereocenters. The van der Waals surface area contributed by atoms with E-state index in [-0.39, 0.29) is 11.5 Å². The Morgan fingerprint density at radius 3 is 2.48 bits per heavy atom. The van der Waals surface area contributed by atoms with Gasteiger partial charge < -0.3 is 15.2 Å². The van der Waals surface area contributed by atoms with Crippen molar-refractivity contribution in [1.29, 1.82) is 0 Å². The van der Waals surface area contributed by atoms with Crippen LogP contribution in [0.4, 0.5) is 5.69 Å². The second kappa shape index (κ2) is 6.61. The lowest BCUT2D eigenvalue weighted by Gasteiger charge is -2.03. The van der Waals surface area contributed by atoms with Gasteiger partial charge in [-0.05, 0) is 61.9 Å². The molecule has 0 fully saturated rings. The number of benzene rings is 3. The Bertz CT molecular complexity index is 1180. The number of nitrogens with zero attached hydrogens (tertiary/aromatic N) is 2. The molecule has 0 aliphatic heterocycles. The first-order chi connectivity index (χ1) is 13.0. The van der Waals surface area contributed by atoms with Crippen molar-refractivity contribution >= 4 is 22.9 Å². The summed E-state index contributed by atoms with van der Waals surface area (Å²) < 4.78 is 0. The van der Waals surface area contributed by atoms with Gasteiger partial charge in [-0.3, -0.25) is 4.99 Å². The lowest BCUT2D eigenvalue weighted by Crippen LogP contribution is -1.85. The molecule has 0 aliphatic carbocycles. The van der Waals surface area contributed by atoms with Crippen molar-refractivity contribution in [2.45, 2.75) is 13.8 Å². The van der Waals surface area contributed by atoms with Gasteiger partial charge in [0.1, 0.15) is 17.3 Å². The second-order valence-corrected chi connectivity index (χ2v) is 6.63. The van der Waals surface area contributed by atoms with Crippen LogP contribution in [0.2, 0.25) is 0 Å². The highest BCUT2D eigenvalue weighted by atomic mass is 16.3. The highest BCUT2D eigenvalue weighted by Gasteiger charge is 2.11. The summed E-state index contributed by atoms with van der Waals surface area (Å²) in [5.74, 6) is 0.891. The lowest BCUT2D eigenvalue weighted by molar-refractivity contribution is 0.474. The summed E-state index contributed by atoms with van der Waals surface area (Å²) in [5.41, 5.74) is 5.81. The topological polar surface area (TPSA) is 81.5 Å². The Labute approximate surface area is 156 Å². The quantitative estimate of drug-likeness (QED) is 0.451. The smallest absolute Gasteiger partial charge is 0.142 e. The summed E-state index contributed by atoms with van der Waals surface area (Å²) in [6.07, 6.45) is 1.61. The Kier molecular flexibility index (Phi) is 4.12. The molecule has 0 bridgehead atoms. The van der Waals surface area contributed by atoms with E-state index in [1.54, 1.807) is 30.5 Å². The van der Waals surface area contributed by atoms with E-state index in [1.165, 1.54) is 0 Å². The number of rotatable bonds is 3. The number of nitrogens with one attached hydrogen (secondary N) is 1. The van der Waals surface area contributed by atoms with E-state index in [4.69, 9.17) is 0 Å². The number of aryl methyl sites for hydroxylation is 2. The molecule has 0 atom stereocenters. The Morgan fingerprint density at radius 2 is 1.63 bits per heavy atom. The zero-order chi connectivity index (χ0) is 19.0. The van der Waals surface area contributed by atoms with Crippen molar-refractivity contribution in [3.05, 3.63) is 71.3 Å². The average molecular weight is 357 g/mol. The Balaban J connectivity index is 1.72. The molecule has 5 nitrogen and oxygen atoms in total. The summed E-state index contributed by atoms with van der Waals surface area (Å²) in [7, 11) is 0. The van der Waals surface area contributed by atoms with Gasteiger partial charge in [0.25, 0.3) is 0 Å². The van der Waals surface area contributed by atoms with Crippen molar-refractivity contribution in [3.8, 4) is 22.9 Å². The van der Waals surface area contributed by atoms with Crippen LogP contribution in [-0.2, 0) is 0 Å². The van der Waals surface area contributed by atoms with Crippen LogP contribution >= 0.6 is 0 Å². The van der Waals surface area contributed by atoms with Gasteiger partial charge in [0.2, 0.25) is 0 Å². The number of imidazole rings is 1. The van der Waals surface area contributed by atoms with Crippen LogP contribution in [0, 0.1) is 13.8 Å². The highest BCUT2D eigenvalue weighted by molar-refractivity contribution is 5.86. The maximum Gasteiger partial charge on any atom is 0.142 e. The minimum absolute atomic E-state index is 0.128. The molecule has 0 amide bonds. The first kappa shape index (κ1) is 16.8. The molecule has 0 aliphatic rings. The molecule has 3 aromatic carbocycles. The van der Waals surface area contributed by atoms with E-state index in [0.29, 0.717) is 22.6 Å². The number of aromatic hydroxyl groups is 2. The molecule has 0 spiro atoms. The number of hydrogen-bond acceptors (Lipinski definition) is 4. The van der Waals surface area contributed by atoms with Crippen molar-refractivity contribution in [2.24, 2.45) is 4.99 Å². The highest BCUT2D eigenvalue weighted by Crippen LogP contribution is 2.32. The SMILES string of the molecule is Cc1ccc(O)c(C=Nc2ccc(O)c(-c3nc4ccc(C)cc4[nH]3)c2)c1. The van der Waals surface area contributed by atoms with Gasteiger partial charge >= 0.3 is 0 Å². The maximum atomic E-state index is 10.3. The standard InChI is InChI=1S/C22H19N3O2/c1-13-4-7-20(26)15(9-13)12-23-16-5-8-21(27)17(11-16)22-24-18-6-3-14(2)10-19(18)25-22/h3-12,26-27H,1-2H3,(H,24,25). The van der Waals surface area contributed by atoms with Crippen molar-refractivity contribution in [2.75, 3.05) is 0 Å². The van der Waals surface area contributed by atoms with Crippen LogP contribution in [0.3, 0.4) is 0 Å². The number of hydrogen-bond donors (Lipinski definition) is 3. The van der Waals surface area contributed by atoms with Gasteiger partial charge in [-0.2, -0.15) is 0 Å². The molecule has 0 saturated heterocycles. The van der Waals surface area contributed by atoms with Gasteiger partial charge in [-0.15, -0.1) is 0 Å². The largest absolute Gasteiger partial charge is 0.507 e. The van der Waals surface area contributed by atoms with E-state index in [2.05, 4.69) is 15.0 Å². The average Bonchev–Trinajstić information content (AvgIpc) is 3.06.